The summed E-state index contributed by atoms with van der Waals surface area (Å²) in [5, 5.41) is 16.3. The van der Waals surface area contributed by atoms with E-state index >= 15 is 0 Å². The predicted octanol–water partition coefficient (Wildman–Crippen LogP) is 4.57. The van der Waals surface area contributed by atoms with E-state index in [1.807, 2.05) is 38.1 Å². The Kier molecular flexibility index (Phi) is 5.10. The van der Waals surface area contributed by atoms with Crippen LogP contribution in [-0.4, -0.2) is 32.3 Å². The van der Waals surface area contributed by atoms with Crippen molar-refractivity contribution in [1.29, 1.82) is 0 Å². The molecule has 0 spiro atoms. The highest BCUT2D eigenvalue weighted by Gasteiger charge is 2.12. The summed E-state index contributed by atoms with van der Waals surface area (Å²) in [7, 11) is 0. The number of nitrogens with one attached hydrogen (secondary N) is 1. The van der Waals surface area contributed by atoms with Gasteiger partial charge in [-0.2, -0.15) is 9.61 Å². The van der Waals surface area contributed by atoms with Crippen molar-refractivity contribution in [2.75, 3.05) is 11.9 Å². The minimum Gasteiger partial charge on any atom is -0.493 e. The summed E-state index contributed by atoms with van der Waals surface area (Å²) in [6.45, 7) is 4.34. The average molecular weight is 458 g/mol. The van der Waals surface area contributed by atoms with Crippen molar-refractivity contribution in [2.24, 2.45) is 0 Å². The third-order valence-electron chi connectivity index (χ3n) is 4.03. The van der Waals surface area contributed by atoms with Crippen LogP contribution in [0.5, 0.6) is 5.75 Å². The van der Waals surface area contributed by atoms with Gasteiger partial charge in [0.25, 0.3) is 5.91 Å². The number of anilines is 1. The molecule has 7 nitrogen and oxygen atoms in total. The van der Waals surface area contributed by atoms with Gasteiger partial charge in [0, 0.05) is 16.8 Å². The molecule has 0 aliphatic rings. The molecule has 0 aliphatic heterocycles. The maximum absolute atomic E-state index is 12.5. The second kappa shape index (κ2) is 7.69. The Morgan fingerprint density at radius 1 is 1.21 bits per heavy atom. The summed E-state index contributed by atoms with van der Waals surface area (Å²) in [5.74, 6) is 1.28. The molecule has 1 amide bonds. The fourth-order valence-electron chi connectivity index (χ4n) is 2.65. The molecule has 0 atom stereocenters. The number of ether oxygens (including phenoxy) is 1. The smallest absolute Gasteiger partial charge is 0.255 e. The number of nitrogens with zero attached hydrogens (tertiary/aromatic N) is 4. The molecule has 0 fully saturated rings. The van der Waals surface area contributed by atoms with Crippen molar-refractivity contribution in [3.8, 4) is 16.3 Å². The van der Waals surface area contributed by atoms with E-state index in [0.29, 0.717) is 23.6 Å². The fourth-order valence-corrected chi connectivity index (χ4v) is 4.03. The lowest BCUT2D eigenvalue weighted by molar-refractivity contribution is 0.102. The summed E-state index contributed by atoms with van der Waals surface area (Å²) >= 11 is 4.90. The molecule has 28 heavy (non-hydrogen) atoms. The van der Waals surface area contributed by atoms with Crippen molar-refractivity contribution >= 4 is 43.8 Å². The first-order chi connectivity index (χ1) is 13.5. The van der Waals surface area contributed by atoms with E-state index in [-0.39, 0.29) is 5.91 Å². The molecular formula is C19H16BrN5O2S. The number of rotatable bonds is 5. The molecule has 1 N–H and O–H groups in total. The molecule has 0 saturated heterocycles. The van der Waals surface area contributed by atoms with Gasteiger partial charge in [0.05, 0.1) is 11.1 Å². The van der Waals surface area contributed by atoms with E-state index in [0.717, 1.165) is 25.8 Å². The van der Waals surface area contributed by atoms with Gasteiger partial charge in [-0.3, -0.25) is 4.79 Å². The highest BCUT2D eigenvalue weighted by Crippen LogP contribution is 2.28. The van der Waals surface area contributed by atoms with Gasteiger partial charge < -0.3 is 10.1 Å². The van der Waals surface area contributed by atoms with Crippen molar-refractivity contribution < 1.29 is 9.53 Å². The Morgan fingerprint density at radius 3 is 2.68 bits per heavy atom. The van der Waals surface area contributed by atoms with Crippen LogP contribution in [0.1, 0.15) is 23.1 Å². The van der Waals surface area contributed by atoms with Crippen molar-refractivity contribution in [3.05, 3.63) is 58.3 Å². The van der Waals surface area contributed by atoms with Crippen molar-refractivity contribution in [2.45, 2.75) is 13.8 Å². The first-order valence-corrected chi connectivity index (χ1v) is 10.2. The summed E-state index contributed by atoms with van der Waals surface area (Å²) in [5.41, 5.74) is 2.21. The molecule has 2 heterocycles. The van der Waals surface area contributed by atoms with Crippen LogP contribution in [0.4, 0.5) is 5.69 Å². The molecule has 4 rings (SSSR count). The molecule has 142 valence electrons. The number of carbonyl (C=O) groups excluding carboxylic acids is 1. The second-order valence-electron chi connectivity index (χ2n) is 5.96. The van der Waals surface area contributed by atoms with Gasteiger partial charge in [-0.05, 0) is 72.2 Å². The van der Waals surface area contributed by atoms with Crippen LogP contribution >= 0.6 is 27.3 Å². The SMILES string of the molecule is CCOc1ccc(C(=O)Nc2ccc(-c3nn4c(C)nnc4s3)cc2)cc1Br. The van der Waals surface area contributed by atoms with Gasteiger partial charge in [-0.15, -0.1) is 10.2 Å². The Labute approximate surface area is 173 Å². The van der Waals surface area contributed by atoms with E-state index in [1.54, 1.807) is 22.7 Å². The number of aromatic nitrogens is 4. The Morgan fingerprint density at radius 2 is 2.00 bits per heavy atom. The Balaban J connectivity index is 1.49. The number of aryl methyl sites for hydroxylation is 1. The van der Waals surface area contributed by atoms with Crippen molar-refractivity contribution in [3.63, 3.8) is 0 Å². The van der Waals surface area contributed by atoms with Crippen LogP contribution < -0.4 is 10.1 Å². The maximum Gasteiger partial charge on any atom is 0.255 e. The molecule has 0 saturated carbocycles. The molecule has 4 aromatic rings. The van der Waals surface area contributed by atoms with Crippen LogP contribution in [0.2, 0.25) is 0 Å². The van der Waals surface area contributed by atoms with Crippen LogP contribution in [0.25, 0.3) is 15.5 Å². The lowest BCUT2D eigenvalue weighted by Crippen LogP contribution is -2.11. The van der Waals surface area contributed by atoms with Gasteiger partial charge in [0.2, 0.25) is 4.96 Å². The zero-order valence-electron chi connectivity index (χ0n) is 15.1. The van der Waals surface area contributed by atoms with E-state index in [1.165, 1.54) is 11.3 Å². The van der Waals surface area contributed by atoms with Gasteiger partial charge in [-0.1, -0.05) is 11.3 Å². The number of amides is 1. The normalized spacial score (nSPS) is 11.0. The van der Waals surface area contributed by atoms with E-state index < -0.39 is 0 Å². The number of benzene rings is 2. The van der Waals surface area contributed by atoms with Crippen LogP contribution in [0.3, 0.4) is 0 Å². The van der Waals surface area contributed by atoms with Gasteiger partial charge in [0.15, 0.2) is 5.82 Å². The fraction of sp³-hybridized carbons (Fsp3) is 0.158. The van der Waals surface area contributed by atoms with E-state index in [2.05, 4.69) is 36.5 Å². The summed E-state index contributed by atoms with van der Waals surface area (Å²) < 4.78 is 7.94. The Hall–Kier alpha value is -2.78. The minimum atomic E-state index is -0.189. The van der Waals surface area contributed by atoms with Gasteiger partial charge in [-0.25, -0.2) is 0 Å². The van der Waals surface area contributed by atoms with Crippen LogP contribution in [0.15, 0.2) is 46.9 Å². The average Bonchev–Trinajstić information content (AvgIpc) is 3.26. The number of hydrogen-bond acceptors (Lipinski definition) is 6. The monoisotopic (exact) mass is 457 g/mol. The standard InChI is InChI=1S/C19H16BrN5O2S/c1-3-27-16-9-6-13(10-15(16)20)17(26)21-14-7-4-12(5-8-14)18-24-25-11(2)22-23-19(25)28-18/h4-10H,3H2,1-2H3,(H,21,26). The van der Waals surface area contributed by atoms with Crippen molar-refractivity contribution in [1.82, 2.24) is 19.8 Å². The molecule has 0 radical (unpaired) electrons. The quantitative estimate of drug-likeness (QED) is 0.474. The van der Waals surface area contributed by atoms with Crippen LogP contribution in [0, 0.1) is 6.92 Å². The molecule has 2 aromatic carbocycles. The number of fused-ring (bicyclic) bond motifs is 1. The predicted molar refractivity (Wildman–Crippen MR) is 112 cm³/mol. The Bertz CT molecular complexity index is 1150. The van der Waals surface area contributed by atoms with Crippen LogP contribution in [-0.2, 0) is 0 Å². The number of hydrogen-bond donors (Lipinski definition) is 1. The lowest BCUT2D eigenvalue weighted by Gasteiger charge is -2.09. The molecule has 2 aromatic heterocycles. The third-order valence-corrected chi connectivity index (χ3v) is 5.60. The number of carbonyl (C=O) groups is 1. The van der Waals surface area contributed by atoms with E-state index in [4.69, 9.17) is 4.74 Å². The molecular weight excluding hydrogens is 442 g/mol. The molecule has 0 bridgehead atoms. The molecule has 0 unspecified atom stereocenters. The molecule has 9 heteroatoms. The summed E-state index contributed by atoms with van der Waals surface area (Å²) in [6, 6.07) is 12.8. The van der Waals surface area contributed by atoms with Gasteiger partial charge >= 0.3 is 0 Å². The first kappa shape index (κ1) is 18.6. The second-order valence-corrected chi connectivity index (χ2v) is 7.77. The van der Waals surface area contributed by atoms with Gasteiger partial charge in [0.1, 0.15) is 10.8 Å². The highest BCUT2D eigenvalue weighted by atomic mass is 79.9. The van der Waals surface area contributed by atoms with E-state index in [9.17, 15) is 4.79 Å². The topological polar surface area (TPSA) is 81.4 Å². The maximum atomic E-state index is 12.5. The summed E-state index contributed by atoms with van der Waals surface area (Å²) in [6.07, 6.45) is 0. The highest BCUT2D eigenvalue weighted by molar-refractivity contribution is 9.10. The third kappa shape index (κ3) is 3.63. The minimum absolute atomic E-state index is 0.189. The zero-order chi connectivity index (χ0) is 19.7. The largest absolute Gasteiger partial charge is 0.493 e. The number of halogens is 1. The molecule has 0 aliphatic carbocycles. The zero-order valence-corrected chi connectivity index (χ0v) is 17.5. The lowest BCUT2D eigenvalue weighted by atomic mass is 10.2. The first-order valence-electron chi connectivity index (χ1n) is 8.58. The summed E-state index contributed by atoms with van der Waals surface area (Å²) in [4.78, 5) is 13.3.